The average Bonchev–Trinajstić information content (AvgIpc) is 2.27. The first-order valence-corrected chi connectivity index (χ1v) is 5.85. The summed E-state index contributed by atoms with van der Waals surface area (Å²) in [5, 5.41) is 2.65. The Labute approximate surface area is 77.6 Å². The van der Waals surface area contributed by atoms with Gasteiger partial charge in [-0.05, 0) is 6.42 Å². The Morgan fingerprint density at radius 1 is 1.62 bits per heavy atom. The van der Waals surface area contributed by atoms with Crippen LogP contribution in [0.1, 0.15) is 13.3 Å². The number of rotatable bonds is 3. The zero-order valence-electron chi connectivity index (χ0n) is 7.61. The van der Waals surface area contributed by atoms with Gasteiger partial charge in [0.25, 0.3) is 10.1 Å². The maximum Gasteiger partial charge on any atom is 0.264 e. The second-order valence-corrected chi connectivity index (χ2v) is 4.97. The van der Waals surface area contributed by atoms with E-state index >= 15 is 0 Å². The SMILES string of the molecule is C[C@H]1C[C@@H](COS(C)(=O)=O)NC1=O. The van der Waals surface area contributed by atoms with E-state index in [4.69, 9.17) is 0 Å². The standard InChI is InChI=1S/C7H13NO4S/c1-5-3-6(8-7(5)9)4-12-13(2,10)11/h5-6H,3-4H2,1-2H3,(H,8,9)/t5-,6-/m0/s1. The van der Waals surface area contributed by atoms with Gasteiger partial charge in [0.2, 0.25) is 5.91 Å². The smallest absolute Gasteiger partial charge is 0.264 e. The van der Waals surface area contributed by atoms with Crippen LogP contribution in [0.3, 0.4) is 0 Å². The van der Waals surface area contributed by atoms with Gasteiger partial charge in [-0.2, -0.15) is 8.42 Å². The topological polar surface area (TPSA) is 72.5 Å². The molecule has 0 unspecified atom stereocenters. The molecule has 5 nitrogen and oxygen atoms in total. The molecule has 76 valence electrons. The first kappa shape index (κ1) is 10.5. The first-order chi connectivity index (χ1) is 5.88. The van der Waals surface area contributed by atoms with Crippen LogP contribution in [-0.2, 0) is 19.1 Å². The third-order valence-electron chi connectivity index (χ3n) is 1.92. The van der Waals surface area contributed by atoms with Crippen LogP contribution in [0, 0.1) is 5.92 Å². The second kappa shape index (κ2) is 3.63. The Kier molecular flexibility index (Phi) is 2.92. The van der Waals surface area contributed by atoms with Crippen molar-refractivity contribution in [2.24, 2.45) is 5.92 Å². The normalized spacial score (nSPS) is 28.9. The van der Waals surface area contributed by atoms with E-state index in [1.165, 1.54) is 0 Å². The molecule has 0 spiro atoms. The predicted octanol–water partition coefficient (Wildman–Crippen LogP) is -0.513. The molecule has 0 bridgehead atoms. The fourth-order valence-corrected chi connectivity index (χ4v) is 1.66. The molecule has 1 saturated heterocycles. The zero-order valence-corrected chi connectivity index (χ0v) is 8.43. The van der Waals surface area contributed by atoms with Crippen molar-refractivity contribution in [2.75, 3.05) is 12.9 Å². The molecule has 0 saturated carbocycles. The summed E-state index contributed by atoms with van der Waals surface area (Å²) in [5.41, 5.74) is 0. The molecule has 1 fully saturated rings. The van der Waals surface area contributed by atoms with E-state index in [0.29, 0.717) is 6.42 Å². The Morgan fingerprint density at radius 3 is 2.62 bits per heavy atom. The second-order valence-electron chi connectivity index (χ2n) is 3.33. The van der Waals surface area contributed by atoms with Crippen molar-refractivity contribution >= 4 is 16.0 Å². The minimum Gasteiger partial charge on any atom is -0.351 e. The summed E-state index contributed by atoms with van der Waals surface area (Å²) in [7, 11) is -3.40. The van der Waals surface area contributed by atoms with Crippen molar-refractivity contribution in [1.82, 2.24) is 5.32 Å². The highest BCUT2D eigenvalue weighted by Crippen LogP contribution is 2.14. The lowest BCUT2D eigenvalue weighted by atomic mass is 10.1. The quantitative estimate of drug-likeness (QED) is 0.632. The summed E-state index contributed by atoms with van der Waals surface area (Å²) in [4.78, 5) is 11.0. The summed E-state index contributed by atoms with van der Waals surface area (Å²) in [6, 6.07) is -0.169. The molecule has 2 atom stereocenters. The molecule has 1 amide bonds. The van der Waals surface area contributed by atoms with Gasteiger partial charge >= 0.3 is 0 Å². The van der Waals surface area contributed by atoms with Crippen LogP contribution in [-0.4, -0.2) is 33.2 Å². The lowest BCUT2D eigenvalue weighted by Crippen LogP contribution is -2.30. The van der Waals surface area contributed by atoms with Gasteiger partial charge in [-0.1, -0.05) is 6.92 Å². The fraction of sp³-hybridized carbons (Fsp3) is 0.857. The number of nitrogens with one attached hydrogen (secondary N) is 1. The third kappa shape index (κ3) is 3.31. The first-order valence-electron chi connectivity index (χ1n) is 4.03. The molecule has 1 aliphatic rings. The van der Waals surface area contributed by atoms with E-state index in [2.05, 4.69) is 9.50 Å². The number of amides is 1. The van der Waals surface area contributed by atoms with E-state index in [1.54, 1.807) is 6.92 Å². The van der Waals surface area contributed by atoms with E-state index in [0.717, 1.165) is 6.26 Å². The fourth-order valence-electron chi connectivity index (χ4n) is 1.25. The molecule has 0 radical (unpaired) electrons. The monoisotopic (exact) mass is 207 g/mol. The summed E-state index contributed by atoms with van der Waals surface area (Å²) in [5.74, 6) is -0.0877. The highest BCUT2D eigenvalue weighted by molar-refractivity contribution is 7.85. The molecule has 0 aromatic heterocycles. The highest BCUT2D eigenvalue weighted by atomic mass is 32.2. The Balaban J connectivity index is 2.37. The maximum atomic E-state index is 11.0. The van der Waals surface area contributed by atoms with Crippen molar-refractivity contribution in [3.63, 3.8) is 0 Å². The van der Waals surface area contributed by atoms with Crippen LogP contribution >= 0.6 is 0 Å². The van der Waals surface area contributed by atoms with Crippen LogP contribution in [0.5, 0.6) is 0 Å². The lowest BCUT2D eigenvalue weighted by Gasteiger charge is -2.08. The Bertz CT molecular complexity index is 298. The van der Waals surface area contributed by atoms with Gasteiger partial charge in [-0.15, -0.1) is 0 Å². The summed E-state index contributed by atoms with van der Waals surface area (Å²) in [6.07, 6.45) is 1.63. The van der Waals surface area contributed by atoms with Crippen molar-refractivity contribution in [2.45, 2.75) is 19.4 Å². The van der Waals surface area contributed by atoms with E-state index in [9.17, 15) is 13.2 Å². The Hall–Kier alpha value is -0.620. The summed E-state index contributed by atoms with van der Waals surface area (Å²) >= 11 is 0. The maximum absolute atomic E-state index is 11.0. The van der Waals surface area contributed by atoms with Crippen LogP contribution in [0.4, 0.5) is 0 Å². The zero-order chi connectivity index (χ0) is 10.1. The van der Waals surface area contributed by atoms with E-state index in [-0.39, 0.29) is 24.5 Å². The molecule has 0 aliphatic carbocycles. The molecule has 1 heterocycles. The third-order valence-corrected chi connectivity index (χ3v) is 2.48. The van der Waals surface area contributed by atoms with Crippen molar-refractivity contribution in [3.05, 3.63) is 0 Å². The van der Waals surface area contributed by atoms with Crippen LogP contribution in [0.15, 0.2) is 0 Å². The molecule has 6 heteroatoms. The van der Waals surface area contributed by atoms with Crippen LogP contribution in [0.25, 0.3) is 0 Å². The number of hydrogen-bond donors (Lipinski definition) is 1. The largest absolute Gasteiger partial charge is 0.351 e. The molecular formula is C7H13NO4S. The van der Waals surface area contributed by atoms with Crippen LogP contribution < -0.4 is 5.32 Å². The average molecular weight is 207 g/mol. The summed E-state index contributed by atoms with van der Waals surface area (Å²) in [6.45, 7) is 1.84. The highest BCUT2D eigenvalue weighted by Gasteiger charge is 2.28. The van der Waals surface area contributed by atoms with Gasteiger partial charge in [0.05, 0.1) is 18.9 Å². The van der Waals surface area contributed by atoms with Crippen LogP contribution in [0.2, 0.25) is 0 Å². The molecule has 0 aromatic rings. The van der Waals surface area contributed by atoms with Gasteiger partial charge in [0.15, 0.2) is 0 Å². The molecule has 13 heavy (non-hydrogen) atoms. The molecule has 1 rings (SSSR count). The Morgan fingerprint density at radius 2 is 2.23 bits per heavy atom. The van der Waals surface area contributed by atoms with Crippen molar-refractivity contribution < 1.29 is 17.4 Å². The van der Waals surface area contributed by atoms with Crippen molar-refractivity contribution in [1.29, 1.82) is 0 Å². The van der Waals surface area contributed by atoms with Gasteiger partial charge in [0.1, 0.15) is 0 Å². The minimum atomic E-state index is -3.40. The molecule has 0 aromatic carbocycles. The summed E-state index contributed by atoms with van der Waals surface area (Å²) < 4.78 is 25.8. The van der Waals surface area contributed by atoms with Crippen molar-refractivity contribution in [3.8, 4) is 0 Å². The van der Waals surface area contributed by atoms with Gasteiger partial charge in [-0.25, -0.2) is 0 Å². The predicted molar refractivity (Wildman–Crippen MR) is 46.5 cm³/mol. The lowest BCUT2D eigenvalue weighted by molar-refractivity contribution is -0.122. The molecule has 1 aliphatic heterocycles. The minimum absolute atomic E-state index is 0.0366. The van der Waals surface area contributed by atoms with Gasteiger partial charge in [0, 0.05) is 5.92 Å². The van der Waals surface area contributed by atoms with E-state index in [1.807, 2.05) is 0 Å². The molecular weight excluding hydrogens is 194 g/mol. The molecule has 1 N–H and O–H groups in total. The van der Waals surface area contributed by atoms with Gasteiger partial charge in [-0.3, -0.25) is 8.98 Å². The van der Waals surface area contributed by atoms with Gasteiger partial charge < -0.3 is 5.32 Å². The van der Waals surface area contributed by atoms with E-state index < -0.39 is 10.1 Å². The number of carbonyl (C=O) groups is 1. The number of carbonyl (C=O) groups excluding carboxylic acids is 1. The number of hydrogen-bond acceptors (Lipinski definition) is 4.